The number of hydrogen-bond donors (Lipinski definition) is 1. The van der Waals surface area contributed by atoms with Gasteiger partial charge in [0.25, 0.3) is 0 Å². The van der Waals surface area contributed by atoms with Crippen molar-refractivity contribution >= 4 is 23.1 Å². The smallest absolute Gasteiger partial charge is 0.224 e. The molecule has 18 heavy (non-hydrogen) atoms. The minimum absolute atomic E-state index is 0.216. The molecule has 0 fully saturated rings. The van der Waals surface area contributed by atoms with E-state index in [9.17, 15) is 0 Å². The lowest BCUT2D eigenvalue weighted by Crippen LogP contribution is -2.02. The van der Waals surface area contributed by atoms with Crippen molar-refractivity contribution in [1.29, 1.82) is 0 Å². The SMILES string of the molecule is CCOCc1cnc(Cl)nc1Nc1ccccc1. The van der Waals surface area contributed by atoms with Gasteiger partial charge in [0.05, 0.1) is 6.61 Å². The van der Waals surface area contributed by atoms with E-state index in [1.165, 1.54) is 0 Å². The third kappa shape index (κ3) is 3.42. The standard InChI is InChI=1S/C13H14ClN3O/c1-2-18-9-10-8-15-13(14)17-12(10)16-11-6-4-3-5-7-11/h3-8H,2,9H2,1H3,(H,15,16,17). The maximum Gasteiger partial charge on any atom is 0.224 e. The Morgan fingerprint density at radius 3 is 2.78 bits per heavy atom. The second kappa shape index (κ2) is 6.33. The summed E-state index contributed by atoms with van der Waals surface area (Å²) in [6.07, 6.45) is 1.68. The predicted molar refractivity (Wildman–Crippen MR) is 72.1 cm³/mol. The molecule has 0 radical (unpaired) electrons. The topological polar surface area (TPSA) is 47.0 Å². The Bertz CT molecular complexity index is 505. The highest BCUT2D eigenvalue weighted by molar-refractivity contribution is 6.28. The number of nitrogens with zero attached hydrogens (tertiary/aromatic N) is 2. The highest BCUT2D eigenvalue weighted by atomic mass is 35.5. The van der Waals surface area contributed by atoms with E-state index in [0.29, 0.717) is 19.0 Å². The van der Waals surface area contributed by atoms with Gasteiger partial charge in [-0.15, -0.1) is 0 Å². The monoisotopic (exact) mass is 263 g/mol. The number of nitrogens with one attached hydrogen (secondary N) is 1. The Kier molecular flexibility index (Phi) is 4.50. The van der Waals surface area contributed by atoms with Crippen LogP contribution in [-0.4, -0.2) is 16.6 Å². The fourth-order valence-corrected chi connectivity index (χ4v) is 1.60. The van der Waals surface area contributed by atoms with Gasteiger partial charge >= 0.3 is 0 Å². The van der Waals surface area contributed by atoms with Crippen molar-refractivity contribution in [3.8, 4) is 0 Å². The molecule has 0 amide bonds. The van der Waals surface area contributed by atoms with Gasteiger partial charge < -0.3 is 10.1 Å². The van der Waals surface area contributed by atoms with E-state index in [1.54, 1.807) is 6.20 Å². The van der Waals surface area contributed by atoms with E-state index in [2.05, 4.69) is 15.3 Å². The molecule has 0 spiro atoms. The Morgan fingerprint density at radius 1 is 1.28 bits per heavy atom. The number of rotatable bonds is 5. The zero-order valence-electron chi connectivity index (χ0n) is 10.1. The maximum absolute atomic E-state index is 5.81. The van der Waals surface area contributed by atoms with Crippen molar-refractivity contribution in [2.24, 2.45) is 0 Å². The number of aromatic nitrogens is 2. The van der Waals surface area contributed by atoms with Crippen LogP contribution in [0, 0.1) is 0 Å². The summed E-state index contributed by atoms with van der Waals surface area (Å²) < 4.78 is 5.37. The van der Waals surface area contributed by atoms with Crippen LogP contribution in [0.5, 0.6) is 0 Å². The number of ether oxygens (including phenoxy) is 1. The fourth-order valence-electron chi connectivity index (χ4n) is 1.47. The highest BCUT2D eigenvalue weighted by Crippen LogP contribution is 2.20. The molecule has 1 aromatic heterocycles. The lowest BCUT2D eigenvalue weighted by molar-refractivity contribution is 0.134. The first kappa shape index (κ1) is 12.8. The molecule has 2 aromatic rings. The summed E-state index contributed by atoms with van der Waals surface area (Å²) in [6.45, 7) is 3.05. The molecule has 1 heterocycles. The first-order chi connectivity index (χ1) is 8.79. The third-order valence-electron chi connectivity index (χ3n) is 2.33. The maximum atomic E-state index is 5.81. The molecule has 0 atom stereocenters. The van der Waals surface area contributed by atoms with E-state index in [1.807, 2.05) is 37.3 Å². The van der Waals surface area contributed by atoms with E-state index < -0.39 is 0 Å². The van der Waals surface area contributed by atoms with Crippen LogP contribution in [0.15, 0.2) is 36.5 Å². The van der Waals surface area contributed by atoms with Gasteiger partial charge in [0.1, 0.15) is 5.82 Å². The number of anilines is 2. The Labute approximate surface area is 111 Å². The van der Waals surface area contributed by atoms with Crippen LogP contribution in [0.2, 0.25) is 5.28 Å². The summed E-state index contributed by atoms with van der Waals surface area (Å²) in [7, 11) is 0. The molecule has 1 aromatic carbocycles. The molecular formula is C13H14ClN3O. The first-order valence-corrected chi connectivity index (χ1v) is 6.08. The van der Waals surface area contributed by atoms with Gasteiger partial charge in [0.15, 0.2) is 0 Å². The number of benzene rings is 1. The highest BCUT2D eigenvalue weighted by Gasteiger charge is 2.06. The fraction of sp³-hybridized carbons (Fsp3) is 0.231. The van der Waals surface area contributed by atoms with Crippen molar-refractivity contribution in [2.45, 2.75) is 13.5 Å². The van der Waals surface area contributed by atoms with Crippen LogP contribution in [0.3, 0.4) is 0 Å². The molecule has 2 rings (SSSR count). The molecule has 4 nitrogen and oxygen atoms in total. The molecule has 0 aliphatic carbocycles. The van der Waals surface area contributed by atoms with Crippen LogP contribution in [0.1, 0.15) is 12.5 Å². The van der Waals surface area contributed by atoms with E-state index in [4.69, 9.17) is 16.3 Å². The zero-order valence-corrected chi connectivity index (χ0v) is 10.8. The van der Waals surface area contributed by atoms with Crippen molar-refractivity contribution in [1.82, 2.24) is 9.97 Å². The molecule has 0 aliphatic rings. The van der Waals surface area contributed by atoms with Gasteiger partial charge in [-0.3, -0.25) is 0 Å². The molecule has 1 N–H and O–H groups in total. The summed E-state index contributed by atoms with van der Waals surface area (Å²) >= 11 is 5.81. The molecule has 0 saturated carbocycles. The molecular weight excluding hydrogens is 250 g/mol. The second-order valence-electron chi connectivity index (χ2n) is 3.64. The summed E-state index contributed by atoms with van der Waals surface area (Å²) in [5.41, 5.74) is 1.83. The van der Waals surface area contributed by atoms with Crippen molar-refractivity contribution in [2.75, 3.05) is 11.9 Å². The van der Waals surface area contributed by atoms with Gasteiger partial charge in [-0.25, -0.2) is 9.97 Å². The number of hydrogen-bond acceptors (Lipinski definition) is 4. The molecule has 0 saturated heterocycles. The van der Waals surface area contributed by atoms with Crippen molar-refractivity contribution < 1.29 is 4.74 Å². The van der Waals surface area contributed by atoms with Crippen LogP contribution in [0.4, 0.5) is 11.5 Å². The van der Waals surface area contributed by atoms with Crippen LogP contribution >= 0.6 is 11.6 Å². The van der Waals surface area contributed by atoms with E-state index >= 15 is 0 Å². The lowest BCUT2D eigenvalue weighted by atomic mass is 10.3. The largest absolute Gasteiger partial charge is 0.377 e. The summed E-state index contributed by atoms with van der Waals surface area (Å²) in [5, 5.41) is 3.42. The van der Waals surface area contributed by atoms with Gasteiger partial charge in [-0.2, -0.15) is 0 Å². The zero-order chi connectivity index (χ0) is 12.8. The Balaban J connectivity index is 2.22. The van der Waals surface area contributed by atoms with Crippen LogP contribution < -0.4 is 5.32 Å². The normalized spacial score (nSPS) is 10.3. The van der Waals surface area contributed by atoms with Crippen LogP contribution in [-0.2, 0) is 11.3 Å². The summed E-state index contributed by atoms with van der Waals surface area (Å²) in [4.78, 5) is 8.15. The summed E-state index contributed by atoms with van der Waals surface area (Å²) in [6, 6.07) is 9.78. The first-order valence-electron chi connectivity index (χ1n) is 5.71. The molecule has 5 heteroatoms. The Hall–Kier alpha value is -1.65. The molecule has 0 aliphatic heterocycles. The van der Waals surface area contributed by atoms with Gasteiger partial charge in [-0.1, -0.05) is 18.2 Å². The van der Waals surface area contributed by atoms with Crippen molar-refractivity contribution in [3.05, 3.63) is 47.4 Å². The van der Waals surface area contributed by atoms with E-state index in [-0.39, 0.29) is 5.28 Å². The van der Waals surface area contributed by atoms with Crippen LogP contribution in [0.25, 0.3) is 0 Å². The second-order valence-corrected chi connectivity index (χ2v) is 3.98. The Morgan fingerprint density at radius 2 is 2.06 bits per heavy atom. The molecule has 0 unspecified atom stereocenters. The van der Waals surface area contributed by atoms with Gasteiger partial charge in [-0.05, 0) is 30.7 Å². The molecule has 94 valence electrons. The number of halogens is 1. The quantitative estimate of drug-likeness (QED) is 0.840. The number of para-hydroxylation sites is 1. The minimum atomic E-state index is 0.216. The van der Waals surface area contributed by atoms with E-state index in [0.717, 1.165) is 11.3 Å². The third-order valence-corrected chi connectivity index (χ3v) is 2.52. The predicted octanol–water partition coefficient (Wildman–Crippen LogP) is 3.41. The lowest BCUT2D eigenvalue weighted by Gasteiger charge is -2.10. The average Bonchev–Trinajstić information content (AvgIpc) is 2.39. The van der Waals surface area contributed by atoms with Crippen molar-refractivity contribution in [3.63, 3.8) is 0 Å². The summed E-state index contributed by atoms with van der Waals surface area (Å²) in [5.74, 6) is 0.676. The minimum Gasteiger partial charge on any atom is -0.377 e. The average molecular weight is 264 g/mol. The van der Waals surface area contributed by atoms with Gasteiger partial charge in [0.2, 0.25) is 5.28 Å². The van der Waals surface area contributed by atoms with Gasteiger partial charge in [0, 0.05) is 24.1 Å². The molecule has 0 bridgehead atoms.